The summed E-state index contributed by atoms with van der Waals surface area (Å²) in [7, 11) is 2.06. The zero-order valence-corrected chi connectivity index (χ0v) is 21.3. The standard InChI is InChI=1S/C32H32N2O2/c1-22-15-16-23(30(22)34(25-11-7-5-8-12-25)26-13-9-6-10-14-26)18-20-29-32(2,3)27-21-24(31(35)36)17-19-28(27)33(29)4/h5-14,17-21H,15-16H2,1-4H3,(H,35,36)/b23-18+,29-20+. The third-order valence-corrected chi connectivity index (χ3v) is 7.45. The first kappa shape index (κ1) is 23.7. The Morgan fingerprint density at radius 1 is 0.917 bits per heavy atom. The second-order valence-corrected chi connectivity index (χ2v) is 10.1. The van der Waals surface area contributed by atoms with Crippen LogP contribution < -0.4 is 9.80 Å². The molecule has 1 aliphatic carbocycles. The van der Waals surface area contributed by atoms with E-state index in [0.29, 0.717) is 5.56 Å². The number of benzene rings is 3. The minimum atomic E-state index is -0.895. The fourth-order valence-electron chi connectivity index (χ4n) is 5.54. The molecule has 3 aromatic carbocycles. The zero-order chi connectivity index (χ0) is 25.4. The second-order valence-electron chi connectivity index (χ2n) is 10.1. The van der Waals surface area contributed by atoms with Gasteiger partial charge in [-0.15, -0.1) is 0 Å². The van der Waals surface area contributed by atoms with Crippen molar-refractivity contribution in [1.29, 1.82) is 0 Å². The van der Waals surface area contributed by atoms with Crippen molar-refractivity contribution in [2.75, 3.05) is 16.8 Å². The van der Waals surface area contributed by atoms with Crippen LogP contribution in [0, 0.1) is 0 Å². The van der Waals surface area contributed by atoms with Crippen molar-refractivity contribution in [1.82, 2.24) is 0 Å². The molecule has 182 valence electrons. The monoisotopic (exact) mass is 476 g/mol. The molecule has 1 aliphatic heterocycles. The molecule has 0 unspecified atom stereocenters. The highest BCUT2D eigenvalue weighted by atomic mass is 16.4. The summed E-state index contributed by atoms with van der Waals surface area (Å²) < 4.78 is 0. The molecule has 4 nitrogen and oxygen atoms in total. The molecule has 0 fully saturated rings. The highest BCUT2D eigenvalue weighted by molar-refractivity contribution is 5.89. The second kappa shape index (κ2) is 9.19. The minimum absolute atomic E-state index is 0.303. The Balaban J connectivity index is 1.57. The third-order valence-electron chi connectivity index (χ3n) is 7.45. The van der Waals surface area contributed by atoms with Crippen molar-refractivity contribution >= 4 is 23.0 Å². The van der Waals surface area contributed by atoms with Gasteiger partial charge >= 0.3 is 5.97 Å². The Hall–Kier alpha value is -4.05. The topological polar surface area (TPSA) is 43.8 Å². The van der Waals surface area contributed by atoms with E-state index in [2.05, 4.69) is 110 Å². The molecule has 0 spiro atoms. The van der Waals surface area contributed by atoms with Crippen molar-refractivity contribution in [3.8, 4) is 0 Å². The van der Waals surface area contributed by atoms with E-state index >= 15 is 0 Å². The molecule has 0 amide bonds. The first-order chi connectivity index (χ1) is 17.3. The molecule has 0 bridgehead atoms. The van der Waals surface area contributed by atoms with Gasteiger partial charge in [-0.1, -0.05) is 56.3 Å². The average Bonchev–Trinajstić information content (AvgIpc) is 3.33. The van der Waals surface area contributed by atoms with Crippen molar-refractivity contribution in [3.63, 3.8) is 0 Å². The molecule has 4 heteroatoms. The molecule has 3 aromatic rings. The summed E-state index contributed by atoms with van der Waals surface area (Å²) in [6.07, 6.45) is 6.51. The number of anilines is 3. The molecular weight excluding hydrogens is 444 g/mol. The summed E-state index contributed by atoms with van der Waals surface area (Å²) in [6.45, 7) is 6.57. The summed E-state index contributed by atoms with van der Waals surface area (Å²) >= 11 is 0. The SMILES string of the molecule is CC1=C(N(c2ccccc2)c2ccccc2)/C(=C/C=C2/N(C)c3ccc(C(=O)O)cc3C2(C)C)CC1. The Labute approximate surface area is 213 Å². The predicted octanol–water partition coefficient (Wildman–Crippen LogP) is 7.83. The number of nitrogens with zero attached hydrogens (tertiary/aromatic N) is 2. The number of hydrogen-bond acceptors (Lipinski definition) is 3. The maximum absolute atomic E-state index is 11.6. The van der Waals surface area contributed by atoms with Crippen LogP contribution in [-0.2, 0) is 5.41 Å². The number of para-hydroxylation sites is 2. The van der Waals surface area contributed by atoms with Crippen LogP contribution in [-0.4, -0.2) is 18.1 Å². The maximum atomic E-state index is 11.6. The van der Waals surface area contributed by atoms with E-state index in [0.717, 1.165) is 41.2 Å². The highest BCUT2D eigenvalue weighted by Crippen LogP contribution is 2.48. The van der Waals surface area contributed by atoms with Gasteiger partial charge in [0.2, 0.25) is 0 Å². The highest BCUT2D eigenvalue weighted by Gasteiger charge is 2.38. The van der Waals surface area contributed by atoms with Gasteiger partial charge in [-0.05, 0) is 85.0 Å². The van der Waals surface area contributed by atoms with Crippen LogP contribution in [0.15, 0.2) is 114 Å². The van der Waals surface area contributed by atoms with Gasteiger partial charge in [-0.3, -0.25) is 0 Å². The van der Waals surface area contributed by atoms with Gasteiger partial charge in [-0.2, -0.15) is 0 Å². The lowest BCUT2D eigenvalue weighted by Gasteiger charge is -2.28. The van der Waals surface area contributed by atoms with Gasteiger partial charge in [0.05, 0.1) is 5.56 Å². The van der Waals surface area contributed by atoms with Gasteiger partial charge in [-0.25, -0.2) is 4.79 Å². The van der Waals surface area contributed by atoms with Crippen LogP contribution in [0.2, 0.25) is 0 Å². The summed E-state index contributed by atoms with van der Waals surface area (Å²) in [5.41, 5.74) is 9.51. The number of fused-ring (bicyclic) bond motifs is 1. The van der Waals surface area contributed by atoms with Crippen molar-refractivity contribution in [2.45, 2.75) is 39.0 Å². The van der Waals surface area contributed by atoms with E-state index in [1.807, 2.05) is 12.1 Å². The van der Waals surface area contributed by atoms with Crippen LogP contribution in [0.4, 0.5) is 17.1 Å². The number of rotatable bonds is 5. The number of likely N-dealkylation sites (N-methyl/N-ethyl adjacent to an activating group) is 1. The van der Waals surface area contributed by atoms with E-state index in [-0.39, 0.29) is 5.41 Å². The minimum Gasteiger partial charge on any atom is -0.478 e. The van der Waals surface area contributed by atoms with E-state index in [1.54, 1.807) is 6.07 Å². The lowest BCUT2D eigenvalue weighted by Crippen LogP contribution is -2.23. The summed E-state index contributed by atoms with van der Waals surface area (Å²) in [4.78, 5) is 16.1. The lowest BCUT2D eigenvalue weighted by molar-refractivity contribution is 0.0696. The summed E-state index contributed by atoms with van der Waals surface area (Å²) in [5.74, 6) is -0.895. The predicted molar refractivity (Wildman–Crippen MR) is 148 cm³/mol. The molecule has 0 atom stereocenters. The molecule has 0 saturated heterocycles. The number of carboxylic acids is 1. The molecule has 36 heavy (non-hydrogen) atoms. The number of allylic oxidation sites excluding steroid dienone is 5. The number of carboxylic acid groups (broad SMARTS) is 1. The normalized spacial score (nSPS) is 18.7. The van der Waals surface area contributed by atoms with Crippen LogP contribution in [0.1, 0.15) is 49.5 Å². The number of carbonyl (C=O) groups is 1. The van der Waals surface area contributed by atoms with E-state index in [1.165, 1.54) is 16.8 Å². The Morgan fingerprint density at radius 2 is 1.53 bits per heavy atom. The number of hydrogen-bond donors (Lipinski definition) is 1. The Bertz CT molecular complexity index is 1360. The first-order valence-electron chi connectivity index (χ1n) is 12.4. The van der Waals surface area contributed by atoms with Gasteiger partial charge in [0.15, 0.2) is 0 Å². The first-order valence-corrected chi connectivity index (χ1v) is 12.4. The van der Waals surface area contributed by atoms with E-state index in [4.69, 9.17) is 0 Å². The van der Waals surface area contributed by atoms with Gasteiger partial charge in [0.25, 0.3) is 0 Å². The molecule has 0 aromatic heterocycles. The summed E-state index contributed by atoms with van der Waals surface area (Å²) in [5, 5.41) is 9.51. The molecule has 1 N–H and O–H groups in total. The maximum Gasteiger partial charge on any atom is 0.335 e. The zero-order valence-electron chi connectivity index (χ0n) is 21.3. The number of aromatic carboxylic acids is 1. The van der Waals surface area contributed by atoms with Gasteiger partial charge in [0.1, 0.15) is 0 Å². The van der Waals surface area contributed by atoms with E-state index in [9.17, 15) is 9.90 Å². The van der Waals surface area contributed by atoms with Crippen molar-refractivity contribution < 1.29 is 9.90 Å². The van der Waals surface area contributed by atoms with Crippen molar-refractivity contribution in [2.24, 2.45) is 0 Å². The average molecular weight is 477 g/mol. The van der Waals surface area contributed by atoms with Gasteiger partial charge in [0, 0.05) is 40.9 Å². The fraction of sp³-hybridized carbons (Fsp3) is 0.219. The van der Waals surface area contributed by atoms with Crippen LogP contribution in [0.25, 0.3) is 0 Å². The van der Waals surface area contributed by atoms with Crippen LogP contribution >= 0.6 is 0 Å². The van der Waals surface area contributed by atoms with E-state index < -0.39 is 5.97 Å². The molecule has 0 radical (unpaired) electrons. The molecule has 5 rings (SSSR count). The lowest BCUT2D eigenvalue weighted by atomic mass is 9.83. The quantitative estimate of drug-likeness (QED) is 0.407. The molecule has 0 saturated carbocycles. The van der Waals surface area contributed by atoms with Crippen molar-refractivity contribution in [3.05, 3.63) is 125 Å². The Morgan fingerprint density at radius 3 is 2.11 bits per heavy atom. The Kier molecular flexibility index (Phi) is 6.05. The van der Waals surface area contributed by atoms with Crippen LogP contribution in [0.3, 0.4) is 0 Å². The summed E-state index contributed by atoms with van der Waals surface area (Å²) in [6, 6.07) is 26.5. The molecule has 1 heterocycles. The third kappa shape index (κ3) is 4.03. The molecular formula is C32H32N2O2. The van der Waals surface area contributed by atoms with Crippen LogP contribution in [0.5, 0.6) is 0 Å². The fourth-order valence-corrected chi connectivity index (χ4v) is 5.54. The largest absolute Gasteiger partial charge is 0.478 e. The smallest absolute Gasteiger partial charge is 0.335 e. The molecule has 2 aliphatic rings. The van der Waals surface area contributed by atoms with Gasteiger partial charge < -0.3 is 14.9 Å².